The zero-order valence-electron chi connectivity index (χ0n) is 10.6. The minimum absolute atomic E-state index is 0.296. The van der Waals surface area contributed by atoms with E-state index in [-0.39, 0.29) is 5.92 Å². The minimum Gasteiger partial charge on any atom is -0.481 e. The predicted molar refractivity (Wildman–Crippen MR) is 64.5 cm³/mol. The molecule has 0 bridgehead atoms. The van der Waals surface area contributed by atoms with Gasteiger partial charge in [-0.25, -0.2) is 0 Å². The highest BCUT2D eigenvalue weighted by molar-refractivity contribution is 5.69. The fourth-order valence-electron chi connectivity index (χ4n) is 2.01. The van der Waals surface area contributed by atoms with E-state index in [1.54, 1.807) is 6.92 Å². The van der Waals surface area contributed by atoms with E-state index in [1.165, 1.54) is 12.8 Å². The van der Waals surface area contributed by atoms with Crippen LogP contribution in [0.4, 0.5) is 0 Å². The van der Waals surface area contributed by atoms with Crippen LogP contribution in [0.3, 0.4) is 0 Å². The van der Waals surface area contributed by atoms with Gasteiger partial charge in [-0.15, -0.1) is 0 Å². The summed E-state index contributed by atoms with van der Waals surface area (Å²) in [5, 5.41) is 12.1. The molecule has 4 heteroatoms. The highest BCUT2D eigenvalue weighted by atomic mass is 16.4. The fourth-order valence-corrected chi connectivity index (χ4v) is 2.01. The average Bonchev–Trinajstić information content (AvgIpc) is 2.23. The van der Waals surface area contributed by atoms with Crippen LogP contribution < -0.4 is 5.32 Å². The van der Waals surface area contributed by atoms with E-state index in [2.05, 4.69) is 24.2 Å². The van der Waals surface area contributed by atoms with Crippen molar-refractivity contribution in [3.63, 3.8) is 0 Å². The van der Waals surface area contributed by atoms with Gasteiger partial charge in [0.2, 0.25) is 0 Å². The molecular weight excluding hydrogens is 204 g/mol. The Morgan fingerprint density at radius 3 is 2.56 bits per heavy atom. The first-order chi connectivity index (χ1) is 7.43. The van der Waals surface area contributed by atoms with Crippen molar-refractivity contribution in [2.24, 2.45) is 11.3 Å². The van der Waals surface area contributed by atoms with Crippen LogP contribution >= 0.6 is 0 Å². The highest BCUT2D eigenvalue weighted by Gasteiger charge is 2.28. The largest absolute Gasteiger partial charge is 0.481 e. The lowest BCUT2D eigenvalue weighted by Gasteiger charge is -2.38. The summed E-state index contributed by atoms with van der Waals surface area (Å²) >= 11 is 0. The predicted octanol–water partition coefficient (Wildman–Crippen LogP) is 1.03. The van der Waals surface area contributed by atoms with Crippen LogP contribution in [0.1, 0.15) is 26.7 Å². The molecule has 1 fully saturated rings. The zero-order chi connectivity index (χ0) is 12.2. The van der Waals surface area contributed by atoms with Gasteiger partial charge in [-0.3, -0.25) is 4.79 Å². The molecule has 0 amide bonds. The lowest BCUT2D eigenvalue weighted by Crippen LogP contribution is -2.43. The molecule has 0 aliphatic carbocycles. The zero-order valence-corrected chi connectivity index (χ0v) is 10.6. The van der Waals surface area contributed by atoms with E-state index in [1.807, 2.05) is 0 Å². The van der Waals surface area contributed by atoms with Gasteiger partial charge >= 0.3 is 5.97 Å². The summed E-state index contributed by atoms with van der Waals surface area (Å²) < 4.78 is 0. The highest BCUT2D eigenvalue weighted by Crippen LogP contribution is 2.29. The minimum atomic E-state index is -0.721. The molecule has 0 aromatic heterocycles. The summed E-state index contributed by atoms with van der Waals surface area (Å²) in [6.07, 6.45) is 2.38. The van der Waals surface area contributed by atoms with Gasteiger partial charge in [0, 0.05) is 13.1 Å². The number of carboxylic acid groups (broad SMARTS) is 1. The first kappa shape index (κ1) is 13.5. The Morgan fingerprint density at radius 2 is 2.06 bits per heavy atom. The van der Waals surface area contributed by atoms with Crippen molar-refractivity contribution < 1.29 is 9.90 Å². The normalized spacial score (nSPS) is 22.9. The third-order valence-corrected chi connectivity index (χ3v) is 3.62. The number of hydrogen-bond acceptors (Lipinski definition) is 3. The number of piperidine rings is 1. The second kappa shape index (κ2) is 5.64. The Labute approximate surface area is 98.0 Å². The van der Waals surface area contributed by atoms with Crippen molar-refractivity contribution in [3.8, 4) is 0 Å². The Balaban J connectivity index is 2.24. The van der Waals surface area contributed by atoms with Gasteiger partial charge in [0.15, 0.2) is 0 Å². The van der Waals surface area contributed by atoms with Gasteiger partial charge in [-0.1, -0.05) is 13.8 Å². The van der Waals surface area contributed by atoms with Crippen molar-refractivity contribution in [1.29, 1.82) is 0 Å². The molecule has 94 valence electrons. The Kier molecular flexibility index (Phi) is 4.74. The van der Waals surface area contributed by atoms with Gasteiger partial charge in [0.1, 0.15) is 0 Å². The lowest BCUT2D eigenvalue weighted by molar-refractivity contribution is -0.141. The fraction of sp³-hybridized carbons (Fsp3) is 0.917. The number of hydrogen-bond donors (Lipinski definition) is 2. The van der Waals surface area contributed by atoms with Crippen LogP contribution in [0.2, 0.25) is 0 Å². The Morgan fingerprint density at radius 1 is 1.50 bits per heavy atom. The van der Waals surface area contributed by atoms with E-state index in [9.17, 15) is 4.79 Å². The first-order valence-electron chi connectivity index (χ1n) is 6.05. The number of carboxylic acids is 1. The summed E-state index contributed by atoms with van der Waals surface area (Å²) in [7, 11) is 2.15. The van der Waals surface area contributed by atoms with Crippen LogP contribution in [0.15, 0.2) is 0 Å². The smallest absolute Gasteiger partial charge is 0.307 e. The van der Waals surface area contributed by atoms with Crippen molar-refractivity contribution in [2.45, 2.75) is 26.7 Å². The quantitative estimate of drug-likeness (QED) is 0.738. The molecule has 1 aliphatic heterocycles. The topological polar surface area (TPSA) is 52.6 Å². The van der Waals surface area contributed by atoms with Crippen LogP contribution in [0, 0.1) is 11.3 Å². The number of nitrogens with one attached hydrogen (secondary N) is 1. The van der Waals surface area contributed by atoms with Gasteiger partial charge in [0.25, 0.3) is 0 Å². The Bertz CT molecular complexity index is 235. The molecule has 1 unspecified atom stereocenters. The molecule has 0 aromatic rings. The van der Waals surface area contributed by atoms with Gasteiger partial charge in [-0.05, 0) is 38.4 Å². The van der Waals surface area contributed by atoms with Gasteiger partial charge in [-0.2, -0.15) is 0 Å². The van der Waals surface area contributed by atoms with Crippen molar-refractivity contribution >= 4 is 5.97 Å². The molecule has 1 aliphatic rings. The van der Waals surface area contributed by atoms with E-state index in [0.29, 0.717) is 12.0 Å². The van der Waals surface area contributed by atoms with Crippen LogP contribution in [-0.2, 0) is 4.79 Å². The molecule has 4 nitrogen and oxygen atoms in total. The molecule has 16 heavy (non-hydrogen) atoms. The maximum Gasteiger partial charge on any atom is 0.307 e. The van der Waals surface area contributed by atoms with Crippen LogP contribution in [0.25, 0.3) is 0 Å². The molecule has 1 rings (SSSR count). The monoisotopic (exact) mass is 228 g/mol. The molecular formula is C12H24N2O2. The number of aliphatic carboxylic acids is 1. The summed E-state index contributed by atoms with van der Waals surface area (Å²) in [6, 6.07) is 0. The molecule has 0 spiro atoms. The van der Waals surface area contributed by atoms with E-state index < -0.39 is 5.97 Å². The summed E-state index contributed by atoms with van der Waals surface area (Å²) in [5.74, 6) is -1.02. The maximum atomic E-state index is 10.7. The maximum absolute atomic E-state index is 10.7. The second-order valence-corrected chi connectivity index (χ2v) is 5.48. The molecule has 0 aromatic carbocycles. The summed E-state index contributed by atoms with van der Waals surface area (Å²) in [6.45, 7) is 7.82. The third-order valence-electron chi connectivity index (χ3n) is 3.62. The molecule has 1 atom stereocenters. The number of rotatable bonds is 5. The lowest BCUT2D eigenvalue weighted by atomic mass is 9.80. The van der Waals surface area contributed by atoms with E-state index >= 15 is 0 Å². The van der Waals surface area contributed by atoms with Crippen LogP contribution in [0.5, 0.6) is 0 Å². The molecule has 1 heterocycles. The van der Waals surface area contributed by atoms with Crippen molar-refractivity contribution in [1.82, 2.24) is 10.2 Å². The summed E-state index contributed by atoms with van der Waals surface area (Å²) in [4.78, 5) is 13.0. The van der Waals surface area contributed by atoms with E-state index in [0.717, 1.165) is 19.6 Å². The standard InChI is InChI=1S/C12H24N2O2/c1-10(11(15)16)8-13-9-12(2)4-6-14(3)7-5-12/h10,13H,4-9H2,1-3H3,(H,15,16). The first-order valence-corrected chi connectivity index (χ1v) is 6.05. The number of nitrogens with zero attached hydrogens (tertiary/aromatic N) is 1. The van der Waals surface area contributed by atoms with Gasteiger partial charge < -0.3 is 15.3 Å². The van der Waals surface area contributed by atoms with E-state index in [4.69, 9.17) is 5.11 Å². The molecule has 0 saturated carbocycles. The Hall–Kier alpha value is -0.610. The van der Waals surface area contributed by atoms with Crippen molar-refractivity contribution in [2.75, 3.05) is 33.2 Å². The SMILES string of the molecule is CC(CNCC1(C)CCN(C)CC1)C(=O)O. The number of likely N-dealkylation sites (tertiary alicyclic amines) is 1. The average molecular weight is 228 g/mol. The van der Waals surface area contributed by atoms with Crippen molar-refractivity contribution in [3.05, 3.63) is 0 Å². The summed E-state index contributed by atoms with van der Waals surface area (Å²) in [5.41, 5.74) is 0.338. The third kappa shape index (κ3) is 4.10. The molecule has 2 N–H and O–H groups in total. The molecule has 0 radical (unpaired) electrons. The van der Waals surface area contributed by atoms with Crippen LogP contribution in [-0.4, -0.2) is 49.2 Å². The number of carbonyl (C=O) groups is 1. The molecule has 1 saturated heterocycles. The second-order valence-electron chi connectivity index (χ2n) is 5.48. The van der Waals surface area contributed by atoms with Gasteiger partial charge in [0.05, 0.1) is 5.92 Å².